The van der Waals surface area contributed by atoms with Gasteiger partial charge in [0.25, 0.3) is 0 Å². The van der Waals surface area contributed by atoms with Crippen LogP contribution in [-0.4, -0.2) is 19.7 Å². The summed E-state index contributed by atoms with van der Waals surface area (Å²) >= 11 is 0. The van der Waals surface area contributed by atoms with E-state index >= 15 is 0 Å². The van der Waals surface area contributed by atoms with Crippen LogP contribution < -0.4 is 0 Å². The van der Waals surface area contributed by atoms with E-state index in [0.717, 1.165) is 10.8 Å². The van der Waals surface area contributed by atoms with Gasteiger partial charge in [-0.2, -0.15) is 0 Å². The lowest BCUT2D eigenvalue weighted by molar-refractivity contribution is 0.600. The van der Waals surface area contributed by atoms with Gasteiger partial charge in [-0.15, -0.1) is 0 Å². The molecule has 1 heterocycles. The maximum atomic E-state index is 11.3. The highest BCUT2D eigenvalue weighted by Crippen LogP contribution is 2.21. The van der Waals surface area contributed by atoms with Crippen LogP contribution in [0.2, 0.25) is 0 Å². The molecule has 0 amide bonds. The Labute approximate surface area is 76.3 Å². The van der Waals surface area contributed by atoms with Crippen LogP contribution in [-0.2, 0) is 9.84 Å². The number of hydrogen-bond donors (Lipinski definition) is 1. The van der Waals surface area contributed by atoms with Crippen LogP contribution in [0.5, 0.6) is 0 Å². The van der Waals surface area contributed by atoms with Crippen molar-refractivity contribution in [1.82, 2.24) is 4.98 Å². The van der Waals surface area contributed by atoms with Gasteiger partial charge in [0, 0.05) is 23.2 Å². The lowest BCUT2D eigenvalue weighted by Gasteiger charge is -1.94. The Bertz CT molecular complexity index is 539. The number of benzene rings is 1. The molecule has 1 aromatic heterocycles. The number of aromatic nitrogens is 1. The Kier molecular flexibility index (Phi) is 1.66. The van der Waals surface area contributed by atoms with E-state index in [1.54, 1.807) is 12.3 Å². The maximum absolute atomic E-state index is 11.3. The molecule has 68 valence electrons. The van der Waals surface area contributed by atoms with Gasteiger partial charge in [-0.3, -0.25) is 0 Å². The molecule has 0 saturated heterocycles. The summed E-state index contributed by atoms with van der Waals surface area (Å²) in [5, 5.41) is 1.97. The van der Waals surface area contributed by atoms with Crippen LogP contribution >= 0.6 is 0 Å². The molecular weight excluding hydrogens is 186 g/mol. The van der Waals surface area contributed by atoms with Gasteiger partial charge >= 0.3 is 0 Å². The topological polar surface area (TPSA) is 49.9 Å². The number of H-pyrrole nitrogens is 1. The zero-order chi connectivity index (χ0) is 9.47. The minimum absolute atomic E-state index is 0.295. The van der Waals surface area contributed by atoms with Crippen molar-refractivity contribution in [2.24, 2.45) is 0 Å². The van der Waals surface area contributed by atoms with Crippen molar-refractivity contribution in [2.75, 3.05) is 6.26 Å². The highest BCUT2D eigenvalue weighted by atomic mass is 32.2. The lowest BCUT2D eigenvalue weighted by atomic mass is 10.2. The van der Waals surface area contributed by atoms with Gasteiger partial charge < -0.3 is 4.98 Å². The van der Waals surface area contributed by atoms with Crippen molar-refractivity contribution in [3.05, 3.63) is 30.5 Å². The Morgan fingerprint density at radius 3 is 2.62 bits per heavy atom. The van der Waals surface area contributed by atoms with E-state index in [4.69, 9.17) is 0 Å². The fourth-order valence-electron chi connectivity index (χ4n) is 1.36. The van der Waals surface area contributed by atoms with Gasteiger partial charge in [-0.05, 0) is 0 Å². The normalized spacial score (nSPS) is 12.1. The molecule has 0 radical (unpaired) electrons. The standard InChI is InChI=1S/C9H9NO2S/c1-13(11,12)9-8-5-3-2-4-7(8)6-10-9/h2-6,10H,1H3. The van der Waals surface area contributed by atoms with Crippen LogP contribution in [0.15, 0.2) is 35.5 Å². The third-order valence-corrected chi connectivity index (χ3v) is 3.01. The van der Waals surface area contributed by atoms with E-state index in [1.807, 2.05) is 18.2 Å². The van der Waals surface area contributed by atoms with E-state index in [9.17, 15) is 8.42 Å². The molecule has 0 aliphatic rings. The summed E-state index contributed by atoms with van der Waals surface area (Å²) in [6.07, 6.45) is 2.90. The Balaban J connectivity index is 2.87. The predicted octanol–water partition coefficient (Wildman–Crippen LogP) is 1.57. The number of aromatic amines is 1. The number of sulfone groups is 1. The average Bonchev–Trinajstić information content (AvgIpc) is 2.45. The van der Waals surface area contributed by atoms with Gasteiger partial charge in [0.05, 0.1) is 0 Å². The smallest absolute Gasteiger partial charge is 0.191 e. The summed E-state index contributed by atoms with van der Waals surface area (Å²) in [4.78, 5) is 2.77. The van der Waals surface area contributed by atoms with Gasteiger partial charge in [0.2, 0.25) is 0 Å². The van der Waals surface area contributed by atoms with Crippen LogP contribution in [0.4, 0.5) is 0 Å². The first-order chi connectivity index (χ1) is 6.09. The Morgan fingerprint density at radius 2 is 1.92 bits per heavy atom. The van der Waals surface area contributed by atoms with Crippen molar-refractivity contribution in [3.63, 3.8) is 0 Å². The molecule has 0 atom stereocenters. The monoisotopic (exact) mass is 195 g/mol. The lowest BCUT2D eigenvalue weighted by Crippen LogP contribution is -1.97. The Morgan fingerprint density at radius 1 is 1.23 bits per heavy atom. The first-order valence-corrected chi connectivity index (χ1v) is 5.74. The molecule has 0 aliphatic carbocycles. The number of fused-ring (bicyclic) bond motifs is 1. The van der Waals surface area contributed by atoms with Crippen LogP contribution in [0, 0.1) is 0 Å². The molecule has 4 heteroatoms. The quantitative estimate of drug-likeness (QED) is 0.750. The average molecular weight is 195 g/mol. The molecule has 2 rings (SSSR count). The molecule has 0 aliphatic heterocycles. The summed E-state index contributed by atoms with van der Waals surface area (Å²) in [5.74, 6) is 0. The number of rotatable bonds is 1. The second-order valence-electron chi connectivity index (χ2n) is 2.98. The van der Waals surface area contributed by atoms with Crippen molar-refractivity contribution in [3.8, 4) is 0 Å². The van der Waals surface area contributed by atoms with Crippen LogP contribution in [0.25, 0.3) is 10.8 Å². The van der Waals surface area contributed by atoms with E-state index in [-0.39, 0.29) is 0 Å². The van der Waals surface area contributed by atoms with E-state index in [2.05, 4.69) is 4.98 Å². The fraction of sp³-hybridized carbons (Fsp3) is 0.111. The van der Waals surface area contributed by atoms with Crippen molar-refractivity contribution in [2.45, 2.75) is 5.03 Å². The molecule has 2 aromatic rings. The predicted molar refractivity (Wildman–Crippen MR) is 51.4 cm³/mol. The van der Waals surface area contributed by atoms with Gasteiger partial charge in [-0.25, -0.2) is 8.42 Å². The highest BCUT2D eigenvalue weighted by Gasteiger charge is 2.12. The van der Waals surface area contributed by atoms with E-state index in [0.29, 0.717) is 5.03 Å². The molecule has 0 saturated carbocycles. The maximum Gasteiger partial charge on any atom is 0.191 e. The molecule has 13 heavy (non-hydrogen) atoms. The molecule has 1 N–H and O–H groups in total. The zero-order valence-electron chi connectivity index (χ0n) is 7.11. The molecule has 3 nitrogen and oxygen atoms in total. The molecule has 0 unspecified atom stereocenters. The zero-order valence-corrected chi connectivity index (χ0v) is 7.93. The molecule has 0 spiro atoms. The minimum Gasteiger partial charge on any atom is -0.351 e. The van der Waals surface area contributed by atoms with Gasteiger partial charge in [0.1, 0.15) is 5.03 Å². The Hall–Kier alpha value is -1.29. The van der Waals surface area contributed by atoms with Crippen LogP contribution in [0.3, 0.4) is 0 Å². The third kappa shape index (κ3) is 1.33. The highest BCUT2D eigenvalue weighted by molar-refractivity contribution is 7.90. The second kappa shape index (κ2) is 2.60. The summed E-state index contributed by atoms with van der Waals surface area (Å²) in [5.41, 5.74) is 0. The summed E-state index contributed by atoms with van der Waals surface area (Å²) in [6.45, 7) is 0. The molecule has 1 aromatic carbocycles. The number of nitrogens with one attached hydrogen (secondary N) is 1. The van der Waals surface area contributed by atoms with E-state index in [1.165, 1.54) is 6.26 Å². The van der Waals surface area contributed by atoms with E-state index < -0.39 is 9.84 Å². The third-order valence-electron chi connectivity index (χ3n) is 1.93. The van der Waals surface area contributed by atoms with Crippen LogP contribution in [0.1, 0.15) is 0 Å². The van der Waals surface area contributed by atoms with Crippen molar-refractivity contribution in [1.29, 1.82) is 0 Å². The summed E-state index contributed by atoms with van der Waals surface area (Å²) < 4.78 is 22.6. The first kappa shape index (κ1) is 8.31. The van der Waals surface area contributed by atoms with Gasteiger partial charge in [0.15, 0.2) is 9.84 Å². The second-order valence-corrected chi connectivity index (χ2v) is 4.93. The number of hydrogen-bond acceptors (Lipinski definition) is 2. The molecular formula is C9H9NO2S. The van der Waals surface area contributed by atoms with Crippen molar-refractivity contribution >= 4 is 20.6 Å². The van der Waals surface area contributed by atoms with Crippen molar-refractivity contribution < 1.29 is 8.42 Å². The minimum atomic E-state index is -3.14. The summed E-state index contributed by atoms with van der Waals surface area (Å²) in [6, 6.07) is 7.37. The van der Waals surface area contributed by atoms with Gasteiger partial charge in [-0.1, -0.05) is 24.3 Å². The fourth-order valence-corrected chi connectivity index (χ4v) is 2.22. The first-order valence-electron chi connectivity index (χ1n) is 3.85. The SMILES string of the molecule is CS(=O)(=O)c1[nH]cc2ccccc12. The summed E-state index contributed by atoms with van der Waals surface area (Å²) in [7, 11) is -3.14. The largest absolute Gasteiger partial charge is 0.351 e. The molecule has 0 fully saturated rings. The molecule has 0 bridgehead atoms.